The van der Waals surface area contributed by atoms with Crippen molar-refractivity contribution in [3.8, 4) is 0 Å². The molecule has 8 heteroatoms. The first-order valence-corrected chi connectivity index (χ1v) is 12.2. The Labute approximate surface area is 215 Å². The molecule has 0 bridgehead atoms. The second kappa shape index (κ2) is 10.6. The fourth-order valence-corrected chi connectivity index (χ4v) is 4.63. The van der Waals surface area contributed by atoms with Crippen molar-refractivity contribution in [3.63, 3.8) is 0 Å². The third-order valence-electron chi connectivity index (χ3n) is 6.62. The molecule has 0 radical (unpaired) electrons. The largest absolute Gasteiger partial charge is 0.458 e. The molecular weight excluding hydrogens is 472 g/mol. The van der Waals surface area contributed by atoms with Gasteiger partial charge in [0.25, 0.3) is 5.91 Å². The minimum Gasteiger partial charge on any atom is -0.458 e. The van der Waals surface area contributed by atoms with Crippen LogP contribution in [0, 0.1) is 0 Å². The Morgan fingerprint density at radius 3 is 2.73 bits per heavy atom. The first kappa shape index (κ1) is 24.8. The third-order valence-corrected chi connectivity index (χ3v) is 6.62. The van der Waals surface area contributed by atoms with Gasteiger partial charge in [-0.15, -0.1) is 0 Å². The highest BCUT2D eigenvalue weighted by atomic mass is 17.2. The maximum Gasteiger partial charge on any atom is 0.342 e. The van der Waals surface area contributed by atoms with Crippen LogP contribution in [0.5, 0.6) is 0 Å². The molecule has 0 aliphatic carbocycles. The Balaban J connectivity index is 1.47. The fourth-order valence-electron chi connectivity index (χ4n) is 4.63. The molecule has 5 rings (SSSR count). The number of aromatic nitrogens is 1. The van der Waals surface area contributed by atoms with Crippen LogP contribution in [0.4, 0.5) is 0 Å². The molecular formula is C29H28N2O6. The van der Waals surface area contributed by atoms with Gasteiger partial charge in [-0.25, -0.2) is 19.6 Å². The smallest absolute Gasteiger partial charge is 0.342 e. The van der Waals surface area contributed by atoms with Gasteiger partial charge in [0.05, 0.1) is 42.7 Å². The highest BCUT2D eigenvalue weighted by Gasteiger charge is 2.43. The number of amides is 1. The molecule has 0 saturated heterocycles. The lowest BCUT2D eigenvalue weighted by Crippen LogP contribution is -2.46. The number of pyridine rings is 1. The summed E-state index contributed by atoms with van der Waals surface area (Å²) in [5.74, 6) is -0.774. The number of rotatable bonds is 8. The molecule has 0 N–H and O–H groups in total. The maximum atomic E-state index is 13.9. The summed E-state index contributed by atoms with van der Waals surface area (Å²) in [4.78, 5) is 43.0. The normalized spacial score (nSPS) is 20.2. The number of para-hydroxylation sites is 1. The maximum absolute atomic E-state index is 13.9. The van der Waals surface area contributed by atoms with E-state index in [1.807, 2.05) is 67.6 Å². The summed E-state index contributed by atoms with van der Waals surface area (Å²) in [6, 6.07) is 19.4. The predicted molar refractivity (Wildman–Crippen MR) is 137 cm³/mol. The van der Waals surface area contributed by atoms with E-state index < -0.39 is 11.6 Å². The Kier molecular flexibility index (Phi) is 7.14. The molecule has 2 aliphatic heterocycles. The summed E-state index contributed by atoms with van der Waals surface area (Å²) in [5.41, 5.74) is 3.01. The molecule has 0 saturated carbocycles. The molecule has 3 heterocycles. The van der Waals surface area contributed by atoms with E-state index in [1.54, 1.807) is 17.1 Å². The number of esters is 1. The molecule has 3 aromatic rings. The van der Waals surface area contributed by atoms with E-state index in [-0.39, 0.29) is 25.7 Å². The Morgan fingerprint density at radius 1 is 1.16 bits per heavy atom. The van der Waals surface area contributed by atoms with Gasteiger partial charge in [0.1, 0.15) is 13.2 Å². The van der Waals surface area contributed by atoms with Crippen molar-refractivity contribution < 1.29 is 28.8 Å². The van der Waals surface area contributed by atoms with Gasteiger partial charge in [-0.05, 0) is 36.3 Å². The van der Waals surface area contributed by atoms with E-state index in [4.69, 9.17) is 24.2 Å². The van der Waals surface area contributed by atoms with Crippen molar-refractivity contribution in [1.29, 1.82) is 0 Å². The SMILES string of the molecule is CCC1(OCc2ccccc2)C=C(C(=O)N2Cc3cc4ccccc4nc3/C2=C\COOC)COC1=O. The van der Waals surface area contributed by atoms with Crippen molar-refractivity contribution >= 4 is 28.5 Å². The monoisotopic (exact) mass is 500 g/mol. The van der Waals surface area contributed by atoms with Crippen LogP contribution in [0.2, 0.25) is 0 Å². The quantitative estimate of drug-likeness (QED) is 0.197. The molecule has 1 aromatic heterocycles. The van der Waals surface area contributed by atoms with Crippen LogP contribution in [0.3, 0.4) is 0 Å². The molecule has 1 atom stereocenters. The second-order valence-corrected chi connectivity index (χ2v) is 8.88. The van der Waals surface area contributed by atoms with Crippen molar-refractivity contribution in [3.05, 3.63) is 95.2 Å². The van der Waals surface area contributed by atoms with Gasteiger partial charge in [0.15, 0.2) is 5.60 Å². The number of carbonyl (C=O) groups is 2. The van der Waals surface area contributed by atoms with Crippen LogP contribution >= 0.6 is 0 Å². The molecule has 2 aromatic carbocycles. The molecule has 190 valence electrons. The van der Waals surface area contributed by atoms with Crippen LogP contribution < -0.4 is 0 Å². The molecule has 1 unspecified atom stereocenters. The van der Waals surface area contributed by atoms with Crippen LogP contribution in [-0.2, 0) is 42.0 Å². The zero-order valence-corrected chi connectivity index (χ0v) is 20.8. The van der Waals surface area contributed by atoms with Crippen molar-refractivity contribution in [1.82, 2.24) is 9.88 Å². The topological polar surface area (TPSA) is 87.2 Å². The zero-order valence-electron chi connectivity index (χ0n) is 20.8. The second-order valence-electron chi connectivity index (χ2n) is 8.88. The molecule has 1 amide bonds. The number of cyclic esters (lactones) is 1. The minimum absolute atomic E-state index is 0.127. The summed E-state index contributed by atoms with van der Waals surface area (Å²) in [7, 11) is 1.43. The number of hydrogen-bond donors (Lipinski definition) is 0. The summed E-state index contributed by atoms with van der Waals surface area (Å²) in [6.07, 6.45) is 3.72. The van der Waals surface area contributed by atoms with Gasteiger partial charge < -0.3 is 14.4 Å². The summed E-state index contributed by atoms with van der Waals surface area (Å²) in [5, 5.41) is 0.994. The van der Waals surface area contributed by atoms with E-state index in [1.165, 1.54) is 7.11 Å². The average molecular weight is 501 g/mol. The lowest BCUT2D eigenvalue weighted by molar-refractivity contribution is -0.263. The highest BCUT2D eigenvalue weighted by Crippen LogP contribution is 2.36. The van der Waals surface area contributed by atoms with Crippen LogP contribution in [0.25, 0.3) is 16.6 Å². The predicted octanol–water partition coefficient (Wildman–Crippen LogP) is 4.34. The van der Waals surface area contributed by atoms with E-state index in [2.05, 4.69) is 0 Å². The zero-order chi connectivity index (χ0) is 25.8. The van der Waals surface area contributed by atoms with Crippen LogP contribution in [0.1, 0.15) is 30.2 Å². The van der Waals surface area contributed by atoms with E-state index in [0.717, 1.165) is 22.0 Å². The number of nitrogens with zero attached hydrogens (tertiary/aromatic N) is 2. The molecule has 0 fully saturated rings. The molecule has 8 nitrogen and oxygen atoms in total. The Bertz CT molecular complexity index is 1380. The van der Waals surface area contributed by atoms with E-state index in [9.17, 15) is 9.59 Å². The van der Waals surface area contributed by atoms with Crippen LogP contribution in [0.15, 0.2) is 78.4 Å². The third kappa shape index (κ3) is 4.91. The van der Waals surface area contributed by atoms with Crippen molar-refractivity contribution in [2.45, 2.75) is 32.1 Å². The van der Waals surface area contributed by atoms with Crippen molar-refractivity contribution in [2.24, 2.45) is 0 Å². The molecule has 2 aliphatic rings. The van der Waals surface area contributed by atoms with Gasteiger partial charge in [0, 0.05) is 10.9 Å². The van der Waals surface area contributed by atoms with Gasteiger partial charge >= 0.3 is 5.97 Å². The Hall–Kier alpha value is -3.85. The van der Waals surface area contributed by atoms with Crippen molar-refractivity contribution in [2.75, 3.05) is 20.3 Å². The minimum atomic E-state index is -1.35. The summed E-state index contributed by atoms with van der Waals surface area (Å²) < 4.78 is 11.6. The van der Waals surface area contributed by atoms with Gasteiger partial charge in [-0.1, -0.05) is 55.5 Å². The first-order valence-electron chi connectivity index (χ1n) is 12.2. The highest BCUT2D eigenvalue weighted by molar-refractivity contribution is 6.03. The van der Waals surface area contributed by atoms with E-state index >= 15 is 0 Å². The number of fused-ring (bicyclic) bond motifs is 2. The number of hydrogen-bond acceptors (Lipinski definition) is 7. The average Bonchev–Trinajstić information content (AvgIpc) is 3.29. The molecule has 0 spiro atoms. The fraction of sp³-hybridized carbons (Fsp3) is 0.276. The number of ether oxygens (including phenoxy) is 2. The number of benzene rings is 2. The van der Waals surface area contributed by atoms with Gasteiger partial charge in [-0.2, -0.15) is 0 Å². The first-order chi connectivity index (χ1) is 18.0. The van der Waals surface area contributed by atoms with E-state index in [0.29, 0.717) is 29.9 Å². The molecule has 37 heavy (non-hydrogen) atoms. The van der Waals surface area contributed by atoms with Gasteiger partial charge in [-0.3, -0.25) is 4.79 Å². The lowest BCUT2D eigenvalue weighted by atomic mass is 9.94. The van der Waals surface area contributed by atoms with Gasteiger partial charge in [0.2, 0.25) is 0 Å². The van der Waals surface area contributed by atoms with Crippen LogP contribution in [-0.4, -0.2) is 47.7 Å². The summed E-state index contributed by atoms with van der Waals surface area (Å²) in [6.45, 7) is 2.40. The Morgan fingerprint density at radius 2 is 1.95 bits per heavy atom. The summed E-state index contributed by atoms with van der Waals surface area (Å²) >= 11 is 0. The standard InChI is InChI=1S/C29H28N2O6/c1-3-29(36-18-20-9-5-4-6-10-20)16-23(19-35-28(29)33)27(32)31-17-22-15-21-11-7-8-12-24(21)30-26(22)25(31)13-14-37-34-2/h4-13,15-16H,3,14,17-19H2,1-2H3/b25-13+. The number of carbonyl (C=O) groups excluding carboxylic acids is 2. The lowest BCUT2D eigenvalue weighted by Gasteiger charge is -2.33.